The van der Waals surface area contributed by atoms with E-state index < -0.39 is 15.8 Å². The maximum absolute atomic E-state index is 5.61. The summed E-state index contributed by atoms with van der Waals surface area (Å²) in [4.78, 5) is 13.9. The van der Waals surface area contributed by atoms with E-state index >= 15 is 0 Å². The Labute approximate surface area is 175 Å². The summed E-state index contributed by atoms with van der Waals surface area (Å²) in [5.41, 5.74) is 4.16. The first-order valence-corrected chi connectivity index (χ1v) is 11.6. The minimum absolute atomic E-state index is 0.590. The third-order valence-electron chi connectivity index (χ3n) is 4.72. The molecule has 5 rings (SSSR count). The van der Waals surface area contributed by atoms with Crippen LogP contribution in [0, 0.1) is 0 Å². The van der Waals surface area contributed by atoms with E-state index in [1.165, 1.54) is 4.35 Å². The molecule has 1 atom stereocenters. The molecule has 2 aromatic carbocycles. The first-order chi connectivity index (χ1) is 14.3. The van der Waals surface area contributed by atoms with E-state index in [2.05, 4.69) is 52.4 Å². The van der Waals surface area contributed by atoms with Crippen LogP contribution in [-0.4, -0.2) is 41.7 Å². The number of pyridine rings is 1. The third kappa shape index (κ3) is 3.50. The van der Waals surface area contributed by atoms with Crippen LogP contribution in [0.25, 0.3) is 27.7 Å². The Morgan fingerprint density at radius 1 is 1.00 bits per heavy atom. The van der Waals surface area contributed by atoms with Crippen molar-refractivity contribution in [2.75, 3.05) is 6.61 Å². The predicted molar refractivity (Wildman–Crippen MR) is 118 cm³/mol. The van der Waals surface area contributed by atoms with E-state index in [-0.39, 0.29) is 0 Å². The topological polar surface area (TPSA) is 52.3 Å². The van der Waals surface area contributed by atoms with E-state index in [1.807, 2.05) is 48.1 Å². The van der Waals surface area contributed by atoms with Crippen molar-refractivity contribution in [2.24, 2.45) is 0 Å². The van der Waals surface area contributed by atoms with Gasteiger partial charge in [0.15, 0.2) is 0 Å². The van der Waals surface area contributed by atoms with Crippen molar-refractivity contribution in [3.8, 4) is 17.3 Å². The van der Waals surface area contributed by atoms with Gasteiger partial charge < -0.3 is 0 Å². The quantitative estimate of drug-likeness (QED) is 0.393. The van der Waals surface area contributed by atoms with E-state index in [4.69, 9.17) is 9.72 Å². The van der Waals surface area contributed by atoms with Crippen LogP contribution in [0.1, 0.15) is 6.92 Å². The molecule has 0 saturated carbocycles. The molecule has 29 heavy (non-hydrogen) atoms. The van der Waals surface area contributed by atoms with Crippen molar-refractivity contribution < 1.29 is 4.74 Å². The third-order valence-corrected chi connectivity index (χ3v) is 7.29. The molecule has 6 heteroatoms. The molecule has 0 bridgehead atoms. The van der Waals surface area contributed by atoms with E-state index in [1.54, 1.807) is 0 Å². The number of imidazole rings is 1. The van der Waals surface area contributed by atoms with Crippen molar-refractivity contribution >= 4 is 41.0 Å². The number of nitrogens with zero attached hydrogens (tertiary/aromatic N) is 4. The van der Waals surface area contributed by atoms with E-state index in [0.717, 1.165) is 32.2 Å². The number of hydrogen-bond acceptors (Lipinski definition) is 4. The fraction of sp³-hybridized carbons (Fsp3) is 0.0870. The zero-order valence-electron chi connectivity index (χ0n) is 15.9. The van der Waals surface area contributed by atoms with Gasteiger partial charge in [-0.15, -0.1) is 0 Å². The molecule has 0 fully saturated rings. The molecular formula is C23H19AsN4O. The summed E-state index contributed by atoms with van der Waals surface area (Å²) in [5, 5.41) is 1.15. The van der Waals surface area contributed by atoms with Gasteiger partial charge in [-0.3, -0.25) is 0 Å². The van der Waals surface area contributed by atoms with Gasteiger partial charge in [0.25, 0.3) is 0 Å². The fourth-order valence-electron chi connectivity index (χ4n) is 3.34. The SMILES string of the molecule is CCOc1ncc2c([AsH]c3ccc4ccc(-c5ccccc5)nc4c3)nccn12. The molecule has 0 aliphatic carbocycles. The van der Waals surface area contributed by atoms with Crippen LogP contribution in [0.4, 0.5) is 0 Å². The molecule has 0 spiro atoms. The second kappa shape index (κ2) is 7.69. The van der Waals surface area contributed by atoms with Crippen LogP contribution in [0.5, 0.6) is 6.01 Å². The van der Waals surface area contributed by atoms with Gasteiger partial charge in [-0.05, 0) is 0 Å². The molecule has 0 saturated heterocycles. The summed E-state index contributed by atoms with van der Waals surface area (Å²) in [7, 11) is 0. The number of ether oxygens (including phenoxy) is 1. The molecule has 5 nitrogen and oxygen atoms in total. The van der Waals surface area contributed by atoms with Gasteiger partial charge in [0.1, 0.15) is 0 Å². The van der Waals surface area contributed by atoms with Gasteiger partial charge in [0.05, 0.1) is 0 Å². The van der Waals surface area contributed by atoms with E-state index in [0.29, 0.717) is 12.6 Å². The fourth-order valence-corrected chi connectivity index (χ4v) is 5.65. The molecule has 3 heterocycles. The number of benzene rings is 2. The molecule has 3 aromatic heterocycles. The first-order valence-electron chi connectivity index (χ1n) is 9.50. The molecule has 0 N–H and O–H groups in total. The second-order valence-corrected chi connectivity index (χ2v) is 9.33. The summed E-state index contributed by atoms with van der Waals surface area (Å²) in [5.74, 6) is 0. The summed E-state index contributed by atoms with van der Waals surface area (Å²) < 4.78 is 9.95. The first kappa shape index (κ1) is 17.9. The Hall–Kier alpha value is -3.17. The summed E-state index contributed by atoms with van der Waals surface area (Å²) in [6.45, 7) is 2.55. The second-order valence-electron chi connectivity index (χ2n) is 6.60. The van der Waals surface area contributed by atoms with Crippen LogP contribution in [0.15, 0.2) is 79.3 Å². The van der Waals surface area contributed by atoms with Gasteiger partial charge >= 0.3 is 175 Å². The monoisotopic (exact) mass is 442 g/mol. The Bertz CT molecular complexity index is 1300. The summed E-state index contributed by atoms with van der Waals surface area (Å²) >= 11 is -0.638. The van der Waals surface area contributed by atoms with Crippen LogP contribution in [-0.2, 0) is 0 Å². The average Bonchev–Trinajstić information content (AvgIpc) is 3.18. The molecule has 0 radical (unpaired) electrons. The average molecular weight is 442 g/mol. The summed E-state index contributed by atoms with van der Waals surface area (Å²) in [6, 6.07) is 21.7. The van der Waals surface area contributed by atoms with Gasteiger partial charge in [-0.2, -0.15) is 0 Å². The molecule has 142 valence electrons. The van der Waals surface area contributed by atoms with Crippen molar-refractivity contribution in [2.45, 2.75) is 6.92 Å². The Balaban J connectivity index is 1.52. The van der Waals surface area contributed by atoms with Gasteiger partial charge in [0, 0.05) is 0 Å². The molecule has 0 amide bonds. The molecule has 0 aliphatic heterocycles. The van der Waals surface area contributed by atoms with Crippen LogP contribution >= 0.6 is 0 Å². The Kier molecular flexibility index (Phi) is 4.74. The number of rotatable bonds is 5. The number of hydrogen-bond donors (Lipinski definition) is 0. The Morgan fingerprint density at radius 2 is 1.86 bits per heavy atom. The minimum atomic E-state index is -0.638. The molecule has 0 aliphatic rings. The van der Waals surface area contributed by atoms with Crippen LogP contribution < -0.4 is 13.6 Å². The molecular weight excluding hydrogens is 423 g/mol. The van der Waals surface area contributed by atoms with Gasteiger partial charge in [0.2, 0.25) is 0 Å². The maximum atomic E-state index is 5.61. The standard InChI is InChI=1S/C23H19AsN4O/c1-2-29-23-26-15-21-22(25-12-13-28(21)23)24-18-10-8-17-9-11-19(27-20(17)14-18)16-6-4-3-5-7-16/h3-15,24H,2H2,1H3. The Morgan fingerprint density at radius 3 is 2.72 bits per heavy atom. The molecule has 5 aromatic rings. The van der Waals surface area contributed by atoms with E-state index in [9.17, 15) is 0 Å². The van der Waals surface area contributed by atoms with Crippen molar-refractivity contribution in [1.29, 1.82) is 0 Å². The number of fused-ring (bicyclic) bond motifs is 2. The van der Waals surface area contributed by atoms with Crippen molar-refractivity contribution in [1.82, 2.24) is 19.4 Å². The predicted octanol–water partition coefficient (Wildman–Crippen LogP) is 2.73. The normalized spacial score (nSPS) is 11.6. The van der Waals surface area contributed by atoms with Crippen LogP contribution in [0.3, 0.4) is 0 Å². The van der Waals surface area contributed by atoms with Crippen molar-refractivity contribution in [3.05, 3.63) is 79.3 Å². The zero-order chi connectivity index (χ0) is 19.6. The van der Waals surface area contributed by atoms with Crippen molar-refractivity contribution in [3.63, 3.8) is 0 Å². The zero-order valence-corrected chi connectivity index (χ0v) is 18.0. The van der Waals surface area contributed by atoms with Crippen LogP contribution in [0.2, 0.25) is 0 Å². The van der Waals surface area contributed by atoms with Gasteiger partial charge in [-0.1, -0.05) is 0 Å². The van der Waals surface area contributed by atoms with Gasteiger partial charge in [-0.25, -0.2) is 0 Å². The number of aromatic nitrogens is 4. The summed E-state index contributed by atoms with van der Waals surface area (Å²) in [6.07, 6.45) is 5.57. The molecule has 1 unspecified atom stereocenters.